The third kappa shape index (κ3) is 3.11. The van der Waals surface area contributed by atoms with Crippen LogP contribution in [0.1, 0.15) is 24.8 Å². The second kappa shape index (κ2) is 5.81. The molecule has 20 heavy (non-hydrogen) atoms. The molecule has 5 nitrogen and oxygen atoms in total. The van der Waals surface area contributed by atoms with Gasteiger partial charge in [-0.25, -0.2) is 8.42 Å². The Labute approximate surface area is 122 Å². The number of nitrogens with zero attached hydrogens (tertiary/aromatic N) is 1. The maximum Gasteiger partial charge on any atom is 0.242 e. The molecule has 106 valence electrons. The highest BCUT2D eigenvalue weighted by Crippen LogP contribution is 2.25. The molecule has 1 aromatic rings. The van der Waals surface area contributed by atoms with Crippen LogP contribution < -0.4 is 5.32 Å². The standard InChI is InChI=1S/C13H13ClN2O3S/c14-10-5-4-9(8-15)7-11(10)16-13(17)12-3-1-2-6-20(12,18)19/h4-5,7,12H,1-3,6H2,(H,16,17). The number of halogens is 1. The van der Waals surface area contributed by atoms with Crippen molar-refractivity contribution in [2.24, 2.45) is 0 Å². The van der Waals surface area contributed by atoms with Crippen molar-refractivity contribution in [1.29, 1.82) is 5.26 Å². The molecule has 2 rings (SSSR count). The number of nitrogens with one attached hydrogen (secondary N) is 1. The second-order valence-electron chi connectivity index (χ2n) is 4.65. The van der Waals surface area contributed by atoms with Crippen LogP contribution in [0.25, 0.3) is 0 Å². The van der Waals surface area contributed by atoms with Gasteiger partial charge in [-0.1, -0.05) is 18.0 Å². The predicted molar refractivity (Wildman–Crippen MR) is 76.2 cm³/mol. The van der Waals surface area contributed by atoms with Crippen molar-refractivity contribution >= 4 is 33.0 Å². The summed E-state index contributed by atoms with van der Waals surface area (Å²) >= 11 is 5.93. The van der Waals surface area contributed by atoms with Gasteiger partial charge in [-0.2, -0.15) is 5.26 Å². The Hall–Kier alpha value is -1.58. The van der Waals surface area contributed by atoms with Crippen LogP contribution in [0.5, 0.6) is 0 Å². The van der Waals surface area contributed by atoms with Crippen LogP contribution in [0.3, 0.4) is 0 Å². The molecule has 1 aliphatic rings. The molecule has 1 N–H and O–H groups in total. The summed E-state index contributed by atoms with van der Waals surface area (Å²) in [5, 5.41) is 10.6. The Balaban J connectivity index is 2.22. The first-order chi connectivity index (χ1) is 9.44. The molecule has 1 amide bonds. The van der Waals surface area contributed by atoms with Crippen LogP contribution in [-0.4, -0.2) is 25.3 Å². The van der Waals surface area contributed by atoms with Crippen molar-refractivity contribution in [3.05, 3.63) is 28.8 Å². The summed E-state index contributed by atoms with van der Waals surface area (Å²) in [5.74, 6) is -0.543. The average Bonchev–Trinajstić information content (AvgIpc) is 2.40. The highest BCUT2D eigenvalue weighted by atomic mass is 35.5. The SMILES string of the molecule is N#Cc1ccc(Cl)c(NC(=O)C2CCCCS2(=O)=O)c1. The molecule has 0 radical (unpaired) electrons. The monoisotopic (exact) mass is 312 g/mol. The Bertz CT molecular complexity index is 679. The van der Waals surface area contributed by atoms with Crippen LogP contribution in [0, 0.1) is 11.3 Å². The Morgan fingerprint density at radius 1 is 1.40 bits per heavy atom. The number of anilines is 1. The van der Waals surface area contributed by atoms with E-state index in [1.54, 1.807) is 0 Å². The molecule has 1 aromatic carbocycles. The number of sulfone groups is 1. The van der Waals surface area contributed by atoms with Gasteiger partial charge in [0.25, 0.3) is 0 Å². The van der Waals surface area contributed by atoms with Crippen molar-refractivity contribution in [2.75, 3.05) is 11.1 Å². The van der Waals surface area contributed by atoms with E-state index in [2.05, 4.69) is 5.32 Å². The normalized spacial score (nSPS) is 20.9. The minimum absolute atomic E-state index is 0.0387. The molecule has 0 aromatic heterocycles. The molecule has 7 heteroatoms. The Morgan fingerprint density at radius 2 is 2.15 bits per heavy atom. The summed E-state index contributed by atoms with van der Waals surface area (Å²) in [6.07, 6.45) is 1.63. The van der Waals surface area contributed by atoms with Gasteiger partial charge in [-0.05, 0) is 31.0 Å². The first-order valence-electron chi connectivity index (χ1n) is 6.16. The summed E-state index contributed by atoms with van der Waals surface area (Å²) in [5.41, 5.74) is 0.604. The zero-order chi connectivity index (χ0) is 14.8. The first kappa shape index (κ1) is 14.8. The van der Waals surface area contributed by atoms with Crippen LogP contribution in [-0.2, 0) is 14.6 Å². The minimum Gasteiger partial charge on any atom is -0.324 e. The summed E-state index contributed by atoms with van der Waals surface area (Å²) < 4.78 is 23.8. The molecule has 1 heterocycles. The zero-order valence-corrected chi connectivity index (χ0v) is 12.2. The van der Waals surface area contributed by atoms with E-state index in [0.717, 1.165) is 0 Å². The van der Waals surface area contributed by atoms with Gasteiger partial charge >= 0.3 is 0 Å². The molecule has 1 aliphatic heterocycles. The van der Waals surface area contributed by atoms with Gasteiger partial charge in [0, 0.05) is 0 Å². The lowest BCUT2D eigenvalue weighted by Crippen LogP contribution is -2.39. The van der Waals surface area contributed by atoms with Crippen molar-refractivity contribution in [3.8, 4) is 6.07 Å². The van der Waals surface area contributed by atoms with E-state index < -0.39 is 21.0 Å². The fourth-order valence-corrected chi connectivity index (χ4v) is 4.12. The van der Waals surface area contributed by atoms with Crippen LogP contribution in [0.2, 0.25) is 5.02 Å². The Morgan fingerprint density at radius 3 is 2.80 bits per heavy atom. The number of nitriles is 1. The molecule has 1 unspecified atom stereocenters. The van der Waals surface area contributed by atoms with E-state index in [1.807, 2.05) is 6.07 Å². The van der Waals surface area contributed by atoms with Crippen LogP contribution >= 0.6 is 11.6 Å². The molecule has 0 saturated carbocycles. The predicted octanol–water partition coefficient (Wildman–Crippen LogP) is 2.12. The number of benzene rings is 1. The van der Waals surface area contributed by atoms with Crippen molar-refractivity contribution in [1.82, 2.24) is 0 Å². The van der Waals surface area contributed by atoms with Gasteiger partial charge in [0.15, 0.2) is 9.84 Å². The lowest BCUT2D eigenvalue weighted by atomic mass is 10.1. The fourth-order valence-electron chi connectivity index (χ4n) is 2.15. The second-order valence-corrected chi connectivity index (χ2v) is 7.36. The van der Waals surface area contributed by atoms with Gasteiger partial charge in [0.1, 0.15) is 5.25 Å². The number of carbonyl (C=O) groups excluding carboxylic acids is 1. The molecular formula is C13H13ClN2O3S. The van der Waals surface area contributed by atoms with Crippen LogP contribution in [0.15, 0.2) is 18.2 Å². The topological polar surface area (TPSA) is 87.0 Å². The molecule has 0 aliphatic carbocycles. The third-order valence-corrected chi connectivity index (χ3v) is 5.73. The molecule has 1 atom stereocenters. The van der Waals surface area contributed by atoms with Gasteiger partial charge < -0.3 is 5.32 Å². The summed E-state index contributed by atoms with van der Waals surface area (Å²) in [7, 11) is -3.39. The van der Waals surface area contributed by atoms with Gasteiger partial charge in [-0.15, -0.1) is 0 Å². The van der Waals surface area contributed by atoms with Crippen LogP contribution in [0.4, 0.5) is 5.69 Å². The largest absolute Gasteiger partial charge is 0.324 e. The lowest BCUT2D eigenvalue weighted by Gasteiger charge is -2.21. The Kier molecular flexibility index (Phi) is 4.31. The maximum absolute atomic E-state index is 12.1. The van der Waals surface area contributed by atoms with Crippen molar-refractivity contribution < 1.29 is 13.2 Å². The van der Waals surface area contributed by atoms with Crippen molar-refractivity contribution in [2.45, 2.75) is 24.5 Å². The highest BCUT2D eigenvalue weighted by molar-refractivity contribution is 7.92. The van der Waals surface area contributed by atoms with E-state index >= 15 is 0 Å². The van der Waals surface area contributed by atoms with Gasteiger partial charge in [-0.3, -0.25) is 4.79 Å². The average molecular weight is 313 g/mol. The summed E-state index contributed by atoms with van der Waals surface area (Å²) in [6.45, 7) is 0. The number of rotatable bonds is 2. The lowest BCUT2D eigenvalue weighted by molar-refractivity contribution is -0.116. The highest BCUT2D eigenvalue weighted by Gasteiger charge is 2.35. The zero-order valence-electron chi connectivity index (χ0n) is 10.6. The molecule has 1 fully saturated rings. The maximum atomic E-state index is 12.1. The fraction of sp³-hybridized carbons (Fsp3) is 0.385. The summed E-state index contributed by atoms with van der Waals surface area (Å²) in [6, 6.07) is 6.38. The van der Waals surface area contributed by atoms with E-state index in [-0.39, 0.29) is 16.5 Å². The molecular weight excluding hydrogens is 300 g/mol. The van der Waals surface area contributed by atoms with E-state index in [1.165, 1.54) is 18.2 Å². The van der Waals surface area contributed by atoms with Gasteiger partial charge in [0.05, 0.1) is 28.1 Å². The number of hydrogen-bond donors (Lipinski definition) is 1. The minimum atomic E-state index is -3.39. The summed E-state index contributed by atoms with van der Waals surface area (Å²) in [4.78, 5) is 12.1. The first-order valence-corrected chi connectivity index (χ1v) is 8.25. The number of carbonyl (C=O) groups is 1. The smallest absolute Gasteiger partial charge is 0.242 e. The molecule has 0 bridgehead atoms. The van der Waals surface area contributed by atoms with E-state index in [9.17, 15) is 13.2 Å². The van der Waals surface area contributed by atoms with Gasteiger partial charge in [0.2, 0.25) is 5.91 Å². The van der Waals surface area contributed by atoms with E-state index in [4.69, 9.17) is 16.9 Å². The van der Waals surface area contributed by atoms with Crippen molar-refractivity contribution in [3.63, 3.8) is 0 Å². The number of amides is 1. The van der Waals surface area contributed by atoms with E-state index in [0.29, 0.717) is 24.8 Å². The quantitative estimate of drug-likeness (QED) is 0.906. The molecule has 1 saturated heterocycles. The third-order valence-electron chi connectivity index (χ3n) is 3.22. The number of hydrogen-bond acceptors (Lipinski definition) is 4. The molecule has 0 spiro atoms.